The summed E-state index contributed by atoms with van der Waals surface area (Å²) in [6, 6.07) is 3.03. The zero-order valence-corrected chi connectivity index (χ0v) is 14.9. The number of aromatic nitrogens is 2. The lowest BCUT2D eigenvalue weighted by Gasteiger charge is -2.04. The average Bonchev–Trinajstić information content (AvgIpc) is 3.10. The second-order valence-electron chi connectivity index (χ2n) is 6.16. The van der Waals surface area contributed by atoms with Crippen molar-refractivity contribution < 1.29 is 22.4 Å². The Labute approximate surface area is 158 Å². The minimum atomic E-state index is -2.25. The van der Waals surface area contributed by atoms with Gasteiger partial charge in [0.05, 0.1) is 17.8 Å². The van der Waals surface area contributed by atoms with Gasteiger partial charge in [-0.2, -0.15) is 10.1 Å². The Morgan fingerprint density at radius 2 is 1.86 bits per heavy atom. The highest BCUT2D eigenvalue weighted by Crippen LogP contribution is 2.40. The molecule has 0 radical (unpaired) electrons. The summed E-state index contributed by atoms with van der Waals surface area (Å²) in [5, 5.41) is 4.01. The van der Waals surface area contributed by atoms with E-state index in [1.165, 1.54) is 29.4 Å². The molecule has 1 amide bonds. The second kappa shape index (κ2) is 8.68. The van der Waals surface area contributed by atoms with Crippen molar-refractivity contribution in [3.05, 3.63) is 60.1 Å². The second-order valence-corrected chi connectivity index (χ2v) is 6.16. The molecule has 2 aromatic rings. The normalized spacial score (nSPS) is 16.4. The van der Waals surface area contributed by atoms with E-state index in [0.717, 1.165) is 18.2 Å². The van der Waals surface area contributed by atoms with Gasteiger partial charge in [0, 0.05) is 30.7 Å². The maximum absolute atomic E-state index is 13.2. The lowest BCUT2D eigenvalue weighted by atomic mass is 10.1. The average molecular weight is 397 g/mol. The SMILES string of the molecule is CC(C(=O)N=C(N)/C=C\N)c1cnn(-c2cc(F)cc(F)c2)c1.FC1(F)CC1. The largest absolute Gasteiger partial charge is 0.404 e. The molecule has 1 heterocycles. The Morgan fingerprint density at radius 1 is 1.29 bits per heavy atom. The van der Waals surface area contributed by atoms with Crippen LogP contribution in [-0.4, -0.2) is 27.4 Å². The van der Waals surface area contributed by atoms with Crippen molar-refractivity contribution in [3.63, 3.8) is 0 Å². The number of hydrogen-bond donors (Lipinski definition) is 2. The van der Waals surface area contributed by atoms with Gasteiger partial charge in [-0.1, -0.05) is 0 Å². The molecule has 4 N–H and O–H groups in total. The highest BCUT2D eigenvalue weighted by molar-refractivity contribution is 6.01. The van der Waals surface area contributed by atoms with Gasteiger partial charge in [-0.3, -0.25) is 4.79 Å². The molecular formula is C18H19F4N5O. The quantitative estimate of drug-likeness (QED) is 0.471. The Bertz CT molecular complexity index is 881. The molecule has 1 fully saturated rings. The molecule has 1 aliphatic rings. The van der Waals surface area contributed by atoms with Gasteiger partial charge in [0.25, 0.3) is 5.91 Å². The first-order valence-electron chi connectivity index (χ1n) is 8.26. The van der Waals surface area contributed by atoms with E-state index in [1.807, 2.05) is 0 Å². The molecule has 1 unspecified atom stereocenters. The molecule has 150 valence electrons. The van der Waals surface area contributed by atoms with Crippen LogP contribution in [-0.2, 0) is 4.79 Å². The number of amidine groups is 1. The van der Waals surface area contributed by atoms with E-state index in [-0.39, 0.29) is 24.4 Å². The monoisotopic (exact) mass is 397 g/mol. The predicted octanol–water partition coefficient (Wildman–Crippen LogP) is 3.03. The summed E-state index contributed by atoms with van der Waals surface area (Å²) in [4.78, 5) is 15.7. The van der Waals surface area contributed by atoms with Crippen LogP contribution in [0, 0.1) is 11.6 Å². The topological polar surface area (TPSA) is 99.3 Å². The van der Waals surface area contributed by atoms with Crippen molar-refractivity contribution in [2.45, 2.75) is 31.6 Å². The van der Waals surface area contributed by atoms with E-state index in [9.17, 15) is 22.4 Å². The molecule has 0 bridgehead atoms. The number of amides is 1. The van der Waals surface area contributed by atoms with Gasteiger partial charge in [-0.15, -0.1) is 0 Å². The third-order valence-corrected chi connectivity index (χ3v) is 3.72. The van der Waals surface area contributed by atoms with Crippen LogP contribution in [0.5, 0.6) is 0 Å². The van der Waals surface area contributed by atoms with Crippen molar-refractivity contribution in [1.29, 1.82) is 0 Å². The lowest BCUT2D eigenvalue weighted by molar-refractivity contribution is -0.118. The Balaban J connectivity index is 0.000000485. The minimum absolute atomic E-state index is 0.0102. The van der Waals surface area contributed by atoms with Crippen LogP contribution in [0.25, 0.3) is 5.69 Å². The van der Waals surface area contributed by atoms with Gasteiger partial charge in [0.1, 0.15) is 17.5 Å². The Kier molecular flexibility index (Phi) is 6.55. The molecule has 10 heteroatoms. The van der Waals surface area contributed by atoms with Crippen molar-refractivity contribution >= 4 is 11.7 Å². The van der Waals surface area contributed by atoms with Crippen LogP contribution in [0.2, 0.25) is 0 Å². The van der Waals surface area contributed by atoms with E-state index in [2.05, 4.69) is 10.1 Å². The van der Waals surface area contributed by atoms with Crippen LogP contribution >= 0.6 is 0 Å². The number of carbonyl (C=O) groups excluding carboxylic acids is 1. The molecular weight excluding hydrogens is 378 g/mol. The van der Waals surface area contributed by atoms with E-state index in [1.54, 1.807) is 6.92 Å². The number of carbonyl (C=O) groups is 1. The minimum Gasteiger partial charge on any atom is -0.404 e. The standard InChI is InChI=1S/C15H15F2N5O.C3H4F2/c1-9(15(23)21-14(19)2-3-18)10-7-20-22(8-10)13-5-11(16)4-12(17)6-13;4-3(5)1-2-3/h2-9H,18H2,1H3,(H2,19,21,23);1-2H2/b3-2-;. The summed E-state index contributed by atoms with van der Waals surface area (Å²) < 4.78 is 50.0. The first-order valence-corrected chi connectivity index (χ1v) is 8.26. The zero-order valence-electron chi connectivity index (χ0n) is 14.9. The molecule has 1 aromatic heterocycles. The molecule has 1 saturated carbocycles. The van der Waals surface area contributed by atoms with Gasteiger partial charge in [0.2, 0.25) is 5.92 Å². The number of benzene rings is 1. The molecule has 0 spiro atoms. The lowest BCUT2D eigenvalue weighted by Crippen LogP contribution is -2.15. The third kappa shape index (κ3) is 6.22. The number of hydrogen-bond acceptors (Lipinski definition) is 3. The fraction of sp³-hybridized carbons (Fsp3) is 0.278. The molecule has 1 aliphatic carbocycles. The predicted molar refractivity (Wildman–Crippen MR) is 96.0 cm³/mol. The van der Waals surface area contributed by atoms with E-state index in [4.69, 9.17) is 11.5 Å². The molecule has 1 atom stereocenters. The first kappa shape index (κ1) is 21.1. The van der Waals surface area contributed by atoms with Gasteiger partial charge in [0.15, 0.2) is 0 Å². The van der Waals surface area contributed by atoms with Crippen LogP contribution < -0.4 is 11.5 Å². The number of alkyl halides is 2. The smallest absolute Gasteiger partial charge is 0.254 e. The number of nitrogens with zero attached hydrogens (tertiary/aromatic N) is 3. The van der Waals surface area contributed by atoms with Crippen molar-refractivity contribution in [3.8, 4) is 5.69 Å². The Morgan fingerprint density at radius 3 is 2.36 bits per heavy atom. The maximum Gasteiger partial charge on any atom is 0.254 e. The highest BCUT2D eigenvalue weighted by Gasteiger charge is 2.43. The third-order valence-electron chi connectivity index (χ3n) is 3.72. The fourth-order valence-corrected chi connectivity index (χ4v) is 1.97. The van der Waals surface area contributed by atoms with Crippen LogP contribution in [0.4, 0.5) is 17.6 Å². The summed E-state index contributed by atoms with van der Waals surface area (Å²) in [5.41, 5.74) is 11.4. The van der Waals surface area contributed by atoms with Crippen molar-refractivity contribution in [1.82, 2.24) is 9.78 Å². The maximum atomic E-state index is 13.2. The zero-order chi connectivity index (χ0) is 20.9. The molecule has 3 rings (SSSR count). The summed E-state index contributed by atoms with van der Waals surface area (Å²) in [6.45, 7) is 1.62. The molecule has 6 nitrogen and oxygen atoms in total. The van der Waals surface area contributed by atoms with Gasteiger partial charge in [-0.25, -0.2) is 22.2 Å². The number of nitrogens with two attached hydrogens (primary N) is 2. The summed E-state index contributed by atoms with van der Waals surface area (Å²) >= 11 is 0. The number of halogens is 4. The molecule has 0 saturated heterocycles. The fourth-order valence-electron chi connectivity index (χ4n) is 1.97. The highest BCUT2D eigenvalue weighted by atomic mass is 19.3. The summed E-state index contributed by atoms with van der Waals surface area (Å²) in [7, 11) is 0. The van der Waals surface area contributed by atoms with Crippen LogP contribution in [0.3, 0.4) is 0 Å². The summed E-state index contributed by atoms with van der Waals surface area (Å²) in [6.07, 6.45) is 5.63. The first-order chi connectivity index (χ1) is 13.1. The number of aliphatic imine (C=N–C) groups is 1. The van der Waals surface area contributed by atoms with E-state index < -0.39 is 29.4 Å². The van der Waals surface area contributed by atoms with Gasteiger partial charge < -0.3 is 11.5 Å². The van der Waals surface area contributed by atoms with Gasteiger partial charge >= 0.3 is 0 Å². The molecule has 1 aromatic carbocycles. The summed E-state index contributed by atoms with van der Waals surface area (Å²) in [5.74, 6) is -4.79. The van der Waals surface area contributed by atoms with E-state index in [0.29, 0.717) is 5.56 Å². The van der Waals surface area contributed by atoms with Crippen molar-refractivity contribution in [2.24, 2.45) is 16.5 Å². The van der Waals surface area contributed by atoms with Crippen LogP contribution in [0.1, 0.15) is 31.2 Å². The van der Waals surface area contributed by atoms with Crippen molar-refractivity contribution in [2.75, 3.05) is 0 Å². The Hall–Kier alpha value is -3.17. The molecule has 28 heavy (non-hydrogen) atoms. The van der Waals surface area contributed by atoms with Gasteiger partial charge in [-0.05, 0) is 31.3 Å². The van der Waals surface area contributed by atoms with E-state index >= 15 is 0 Å². The number of rotatable bonds is 4. The van der Waals surface area contributed by atoms with Crippen LogP contribution in [0.15, 0.2) is 47.9 Å². The molecule has 0 aliphatic heterocycles.